The quantitative estimate of drug-likeness (QED) is 0.0436. The summed E-state index contributed by atoms with van der Waals surface area (Å²) < 4.78 is 53.1. The van der Waals surface area contributed by atoms with E-state index in [0.717, 1.165) is 28.7 Å². The fourth-order valence-electron chi connectivity index (χ4n) is 7.77. The summed E-state index contributed by atoms with van der Waals surface area (Å²) in [6, 6.07) is 9.85. The van der Waals surface area contributed by atoms with Crippen LogP contribution in [-0.2, 0) is 59.1 Å². The Labute approximate surface area is 430 Å². The van der Waals surface area contributed by atoms with Crippen LogP contribution >= 0.6 is 0 Å². The van der Waals surface area contributed by atoms with Crippen molar-refractivity contribution < 1.29 is 66.4 Å². The number of rotatable bonds is 33. The lowest BCUT2D eigenvalue weighted by Gasteiger charge is -2.40. The number of carbonyl (C=O) groups excluding carboxylic acids is 7. The first-order valence-electron chi connectivity index (χ1n) is 24.8. The molecule has 2 aromatic carbocycles. The monoisotopic (exact) mass is 1040 g/mol. The van der Waals surface area contributed by atoms with Crippen molar-refractivity contribution in [3.8, 4) is 11.3 Å². The smallest absolute Gasteiger partial charge is 0.253 e. The Balaban J connectivity index is 1.14. The van der Waals surface area contributed by atoms with Crippen LogP contribution in [0.3, 0.4) is 0 Å². The number of imidazole rings is 1. The van der Waals surface area contributed by atoms with Crippen molar-refractivity contribution in [3.05, 3.63) is 89.9 Å². The molecule has 20 nitrogen and oxygen atoms in total. The highest BCUT2D eigenvalue weighted by molar-refractivity contribution is 6.13. The molecule has 0 bridgehead atoms. The van der Waals surface area contributed by atoms with Crippen molar-refractivity contribution in [1.29, 1.82) is 0 Å². The number of amides is 7. The summed E-state index contributed by atoms with van der Waals surface area (Å²) in [4.78, 5) is 95.1. The SMILES string of the molecule is CC(C)C(NC(=O)CCOCCOCCOCCOCCNC(=O)CCN1C(=O)C=CC1=O)C(=O)N[C@@H](C)C(=O)NCCCN(C(=O)CO)[C@@H](c1nc(-c2cc(F)ccc2F)cn1Cc1ccccc1)C(C)(C)C. The second-order valence-electron chi connectivity index (χ2n) is 18.9. The van der Waals surface area contributed by atoms with E-state index in [2.05, 4.69) is 21.3 Å². The first-order valence-corrected chi connectivity index (χ1v) is 24.8. The lowest BCUT2D eigenvalue weighted by molar-refractivity contribution is -0.140. The minimum absolute atomic E-state index is 0.00377. The molecule has 0 spiro atoms. The van der Waals surface area contributed by atoms with Gasteiger partial charge in [0.1, 0.15) is 36.1 Å². The lowest BCUT2D eigenvalue weighted by atomic mass is 9.84. The fraction of sp³-hybridized carbons (Fsp3) is 0.538. The van der Waals surface area contributed by atoms with E-state index in [9.17, 15) is 43.1 Å². The highest BCUT2D eigenvalue weighted by Crippen LogP contribution is 2.39. The molecule has 7 amide bonds. The van der Waals surface area contributed by atoms with Crippen molar-refractivity contribution in [2.45, 2.75) is 85.5 Å². The normalized spacial score (nSPS) is 13.7. The molecule has 2 heterocycles. The number of aliphatic hydroxyl groups is 1. The molecule has 0 aliphatic carbocycles. The molecule has 1 aliphatic rings. The molecule has 0 saturated heterocycles. The predicted octanol–water partition coefficient (Wildman–Crippen LogP) is 2.82. The summed E-state index contributed by atoms with van der Waals surface area (Å²) in [6.07, 6.45) is 4.18. The summed E-state index contributed by atoms with van der Waals surface area (Å²) in [5.74, 6) is -4.49. The summed E-state index contributed by atoms with van der Waals surface area (Å²) in [7, 11) is 0. The molecule has 3 aromatic rings. The highest BCUT2D eigenvalue weighted by atomic mass is 19.1. The van der Waals surface area contributed by atoms with Crippen molar-refractivity contribution in [3.63, 3.8) is 0 Å². The highest BCUT2D eigenvalue weighted by Gasteiger charge is 2.38. The molecule has 1 aromatic heterocycles. The molecule has 1 unspecified atom stereocenters. The zero-order chi connectivity index (χ0) is 54.2. The van der Waals surface area contributed by atoms with Crippen LogP contribution < -0.4 is 21.3 Å². The number of aliphatic hydroxyl groups excluding tert-OH is 1. The van der Waals surface area contributed by atoms with E-state index in [1.165, 1.54) is 24.0 Å². The zero-order valence-electron chi connectivity index (χ0n) is 43.2. The number of nitrogens with zero attached hydrogens (tertiary/aromatic N) is 4. The molecule has 0 saturated carbocycles. The van der Waals surface area contributed by atoms with Crippen LogP contribution in [0.4, 0.5) is 8.78 Å². The van der Waals surface area contributed by atoms with E-state index in [1.54, 1.807) is 24.6 Å². The second-order valence-corrected chi connectivity index (χ2v) is 18.9. The number of hydrogen-bond acceptors (Lipinski definition) is 13. The fourth-order valence-corrected chi connectivity index (χ4v) is 7.77. The molecule has 0 radical (unpaired) electrons. The Kier molecular flexibility index (Phi) is 24.9. The summed E-state index contributed by atoms with van der Waals surface area (Å²) in [5.41, 5.74) is 0.321. The van der Waals surface area contributed by atoms with Crippen molar-refractivity contribution in [2.24, 2.45) is 11.3 Å². The average molecular weight is 1040 g/mol. The van der Waals surface area contributed by atoms with Crippen molar-refractivity contribution in [2.75, 3.05) is 85.6 Å². The number of hydrogen-bond donors (Lipinski definition) is 5. The van der Waals surface area contributed by atoms with Crippen molar-refractivity contribution >= 4 is 41.4 Å². The van der Waals surface area contributed by atoms with Gasteiger partial charge >= 0.3 is 0 Å². The van der Waals surface area contributed by atoms with Gasteiger partial charge in [0.2, 0.25) is 29.5 Å². The minimum Gasteiger partial charge on any atom is -0.387 e. The van der Waals surface area contributed by atoms with Crippen LogP contribution in [0.15, 0.2) is 66.9 Å². The third-order valence-electron chi connectivity index (χ3n) is 11.6. The van der Waals surface area contributed by atoms with E-state index in [1.807, 2.05) is 51.1 Å². The average Bonchev–Trinajstić information content (AvgIpc) is 3.91. The van der Waals surface area contributed by atoms with Gasteiger partial charge in [-0.05, 0) is 48.4 Å². The number of nitrogens with one attached hydrogen (secondary N) is 4. The molecule has 406 valence electrons. The largest absolute Gasteiger partial charge is 0.387 e. The molecular formula is C52H72F2N8O12. The van der Waals surface area contributed by atoms with Crippen LogP contribution in [0, 0.1) is 23.0 Å². The number of aromatic nitrogens is 2. The maximum Gasteiger partial charge on any atom is 0.253 e. The van der Waals surface area contributed by atoms with E-state index >= 15 is 4.39 Å². The van der Waals surface area contributed by atoms with Gasteiger partial charge in [-0.2, -0.15) is 0 Å². The maximum atomic E-state index is 15.1. The van der Waals surface area contributed by atoms with Gasteiger partial charge in [0.05, 0.1) is 64.6 Å². The third-order valence-corrected chi connectivity index (χ3v) is 11.6. The molecule has 74 heavy (non-hydrogen) atoms. The van der Waals surface area contributed by atoms with Gasteiger partial charge in [-0.15, -0.1) is 0 Å². The van der Waals surface area contributed by atoms with Crippen LogP contribution in [0.5, 0.6) is 0 Å². The number of carbonyl (C=O) groups is 7. The predicted molar refractivity (Wildman–Crippen MR) is 267 cm³/mol. The number of ether oxygens (including phenoxy) is 4. The number of halogens is 2. The summed E-state index contributed by atoms with van der Waals surface area (Å²) in [6.45, 7) is 12.7. The molecule has 4 rings (SSSR count). The Hall–Kier alpha value is -6.46. The molecule has 22 heteroatoms. The molecule has 3 atom stereocenters. The zero-order valence-corrected chi connectivity index (χ0v) is 43.2. The van der Waals surface area contributed by atoms with Crippen LogP contribution in [0.2, 0.25) is 0 Å². The van der Waals surface area contributed by atoms with E-state index in [-0.39, 0.29) is 95.0 Å². The molecular weight excluding hydrogens is 967 g/mol. The van der Waals surface area contributed by atoms with E-state index in [4.69, 9.17) is 23.9 Å². The Morgan fingerprint density at radius 3 is 1.99 bits per heavy atom. The van der Waals surface area contributed by atoms with Crippen LogP contribution in [0.1, 0.15) is 78.2 Å². The van der Waals surface area contributed by atoms with Gasteiger partial charge in [0.15, 0.2) is 0 Å². The van der Waals surface area contributed by atoms with Crippen molar-refractivity contribution in [1.82, 2.24) is 40.6 Å². The molecule has 1 aliphatic heterocycles. The first-order chi connectivity index (χ1) is 35.3. The Morgan fingerprint density at radius 1 is 0.757 bits per heavy atom. The van der Waals surface area contributed by atoms with Crippen LogP contribution in [0.25, 0.3) is 11.3 Å². The van der Waals surface area contributed by atoms with Crippen LogP contribution in [-0.4, -0.2) is 164 Å². The Bertz CT molecular complexity index is 2340. The number of imide groups is 1. The first kappa shape index (κ1) is 60.1. The second kappa shape index (κ2) is 30.7. The van der Waals surface area contributed by atoms with Gasteiger partial charge < -0.3 is 54.8 Å². The van der Waals surface area contributed by atoms with E-state index < -0.39 is 77.2 Å². The summed E-state index contributed by atoms with van der Waals surface area (Å²) in [5, 5.41) is 21.0. The Morgan fingerprint density at radius 2 is 1.38 bits per heavy atom. The third kappa shape index (κ3) is 19.8. The molecule has 0 fully saturated rings. The lowest BCUT2D eigenvalue weighted by Crippen LogP contribution is -2.54. The standard InChI is InChI=1S/C52H72F2N8O12/c1-35(2)47(59-43(65)18-23-71-25-27-73-29-30-74-28-26-72-24-20-55-42(64)17-22-61-44(66)15-16-45(61)67)51(70)57-36(3)50(69)56-19-10-21-62(46(68)34-63)48(52(4,5)6)49-58-41(39-31-38(53)13-14-40(39)54)33-60(49)32-37-11-8-7-9-12-37/h7-9,11-16,31,33,35-36,47-48,63H,10,17-30,32,34H2,1-6H3,(H,55,64)(H,56,69)(H,57,70)(H,59,65)/t36-,47?,48-/m0/s1. The molecule has 5 N–H and O–H groups in total. The van der Waals surface area contributed by atoms with Gasteiger partial charge in [-0.1, -0.05) is 65.0 Å². The maximum absolute atomic E-state index is 15.1. The van der Waals surface area contributed by atoms with Gasteiger partial charge in [0.25, 0.3) is 11.8 Å². The van der Waals surface area contributed by atoms with E-state index in [0.29, 0.717) is 38.8 Å². The number of benzene rings is 2. The summed E-state index contributed by atoms with van der Waals surface area (Å²) >= 11 is 0. The van der Waals surface area contributed by atoms with Gasteiger partial charge in [0, 0.05) is 69.5 Å². The topological polar surface area (TPSA) is 249 Å². The van der Waals surface area contributed by atoms with Gasteiger partial charge in [-0.25, -0.2) is 13.8 Å². The minimum atomic E-state index is -0.988. The van der Waals surface area contributed by atoms with Gasteiger partial charge in [-0.3, -0.25) is 38.5 Å².